The van der Waals surface area contributed by atoms with Crippen molar-refractivity contribution in [2.24, 2.45) is 0 Å². The Morgan fingerprint density at radius 2 is 2.29 bits per heavy atom. The molecule has 1 heterocycles. The number of hydrogen-bond acceptors (Lipinski definition) is 5. The topological polar surface area (TPSA) is 93.8 Å². The number of non-ortho nitro benzene ring substituents is 1. The number of nitro groups is 1. The Morgan fingerprint density at radius 1 is 1.52 bits per heavy atom. The quantitative estimate of drug-likeness (QED) is 0.500. The highest BCUT2D eigenvalue weighted by Gasteiger charge is 2.13. The molecule has 0 spiro atoms. The van der Waals surface area contributed by atoms with Gasteiger partial charge in [-0.3, -0.25) is 14.7 Å². The summed E-state index contributed by atoms with van der Waals surface area (Å²) in [6.45, 7) is 2.53. The molecule has 0 saturated carbocycles. The van der Waals surface area contributed by atoms with Gasteiger partial charge in [-0.15, -0.1) is 5.10 Å². The van der Waals surface area contributed by atoms with Crippen molar-refractivity contribution < 1.29 is 4.92 Å². The van der Waals surface area contributed by atoms with E-state index in [0.29, 0.717) is 28.0 Å². The summed E-state index contributed by atoms with van der Waals surface area (Å²) in [5.74, 6) is 0.397. The van der Waals surface area contributed by atoms with E-state index in [-0.39, 0.29) is 11.4 Å². The highest BCUT2D eigenvalue weighted by Crippen LogP contribution is 2.28. The molecule has 7 nitrogen and oxygen atoms in total. The highest BCUT2D eigenvalue weighted by molar-refractivity contribution is 7.98. The first-order valence-electron chi connectivity index (χ1n) is 6.23. The zero-order valence-electron chi connectivity index (χ0n) is 11.2. The second kappa shape index (κ2) is 6.77. The smallest absolute Gasteiger partial charge is 0.270 e. The van der Waals surface area contributed by atoms with Crippen molar-refractivity contribution in [2.45, 2.75) is 30.8 Å². The van der Waals surface area contributed by atoms with Gasteiger partial charge in [-0.1, -0.05) is 30.3 Å². The molecule has 1 aromatic heterocycles. The molecule has 0 unspecified atom stereocenters. The molecule has 2 aromatic rings. The minimum Gasteiger partial charge on any atom is -0.270 e. The average Bonchev–Trinajstić information content (AvgIpc) is 2.79. The van der Waals surface area contributed by atoms with Crippen LogP contribution in [0.1, 0.15) is 18.9 Å². The van der Waals surface area contributed by atoms with Crippen molar-refractivity contribution in [2.75, 3.05) is 0 Å². The second-order valence-electron chi connectivity index (χ2n) is 4.28. The van der Waals surface area contributed by atoms with E-state index in [2.05, 4.69) is 10.2 Å². The van der Waals surface area contributed by atoms with Gasteiger partial charge in [-0.05, 0) is 18.1 Å². The number of halogens is 1. The Kier molecular flexibility index (Phi) is 5.03. The number of hydrogen-bond donors (Lipinski definition) is 1. The molecule has 0 atom stereocenters. The molecule has 0 bridgehead atoms. The van der Waals surface area contributed by atoms with E-state index < -0.39 is 4.92 Å². The lowest BCUT2D eigenvalue weighted by Gasteiger charge is -2.05. The predicted molar refractivity (Wildman–Crippen MR) is 80.8 cm³/mol. The lowest BCUT2D eigenvalue weighted by Crippen LogP contribution is -2.17. The molecule has 0 amide bonds. The Labute approximate surface area is 129 Å². The van der Waals surface area contributed by atoms with Crippen molar-refractivity contribution in [3.63, 3.8) is 0 Å². The number of nitrogens with zero attached hydrogens (tertiary/aromatic N) is 3. The van der Waals surface area contributed by atoms with Gasteiger partial charge in [0.15, 0.2) is 5.16 Å². The summed E-state index contributed by atoms with van der Waals surface area (Å²) in [7, 11) is 0. The van der Waals surface area contributed by atoms with Crippen LogP contribution in [0.15, 0.2) is 28.2 Å². The first kappa shape index (κ1) is 15.6. The molecule has 0 aliphatic carbocycles. The molecular formula is C12H13ClN4O3S. The summed E-state index contributed by atoms with van der Waals surface area (Å²) in [4.78, 5) is 21.9. The maximum atomic E-state index is 11.6. The first-order chi connectivity index (χ1) is 10.0. The molecule has 0 aliphatic rings. The normalized spacial score (nSPS) is 10.8. The molecule has 0 aliphatic heterocycles. The maximum absolute atomic E-state index is 11.6. The van der Waals surface area contributed by atoms with Crippen LogP contribution in [0, 0.1) is 10.1 Å². The third kappa shape index (κ3) is 3.64. The van der Waals surface area contributed by atoms with Crippen molar-refractivity contribution in [3.05, 3.63) is 49.4 Å². The van der Waals surface area contributed by atoms with Crippen LogP contribution in [0.2, 0.25) is 5.02 Å². The lowest BCUT2D eigenvalue weighted by atomic mass is 10.2. The van der Waals surface area contributed by atoms with Crippen molar-refractivity contribution in [1.82, 2.24) is 14.8 Å². The second-order valence-corrected chi connectivity index (χ2v) is 5.63. The standard InChI is InChI=1S/C12H13ClN4O3S/c1-2-5-16-11(18)14-15-12(16)21-7-8-6-9(17(19)20)3-4-10(8)13/h3-4,6H,2,5,7H2,1H3,(H,14,18). The SMILES string of the molecule is CCCn1c(SCc2cc([N+](=O)[O-])ccc2Cl)n[nH]c1=O. The average molecular weight is 329 g/mol. The number of nitro benzene ring substituents is 1. The number of aromatic amines is 1. The van der Waals surface area contributed by atoms with Crippen molar-refractivity contribution in [1.29, 1.82) is 0 Å². The molecular weight excluding hydrogens is 316 g/mol. The maximum Gasteiger partial charge on any atom is 0.343 e. The zero-order valence-corrected chi connectivity index (χ0v) is 12.8. The van der Waals surface area contributed by atoms with Crippen molar-refractivity contribution >= 4 is 29.1 Å². The van der Waals surface area contributed by atoms with E-state index in [1.807, 2.05) is 6.92 Å². The Morgan fingerprint density at radius 3 is 2.95 bits per heavy atom. The van der Waals surface area contributed by atoms with Gasteiger partial charge in [0.05, 0.1) is 4.92 Å². The molecule has 0 saturated heterocycles. The van der Waals surface area contributed by atoms with E-state index in [0.717, 1.165) is 6.42 Å². The fourth-order valence-corrected chi connectivity index (χ4v) is 2.99. The van der Waals surface area contributed by atoms with Gasteiger partial charge in [0.2, 0.25) is 0 Å². The van der Waals surface area contributed by atoms with Crippen LogP contribution < -0.4 is 5.69 Å². The van der Waals surface area contributed by atoms with Gasteiger partial charge >= 0.3 is 5.69 Å². The van der Waals surface area contributed by atoms with E-state index in [9.17, 15) is 14.9 Å². The van der Waals surface area contributed by atoms with E-state index in [1.54, 1.807) is 0 Å². The van der Waals surface area contributed by atoms with Crippen LogP contribution in [0.4, 0.5) is 5.69 Å². The monoisotopic (exact) mass is 328 g/mol. The van der Waals surface area contributed by atoms with E-state index in [4.69, 9.17) is 11.6 Å². The summed E-state index contributed by atoms with van der Waals surface area (Å²) in [6, 6.07) is 4.29. The number of benzene rings is 1. The largest absolute Gasteiger partial charge is 0.343 e. The fourth-order valence-electron chi connectivity index (χ4n) is 1.76. The first-order valence-corrected chi connectivity index (χ1v) is 7.60. The Balaban J connectivity index is 2.18. The highest BCUT2D eigenvalue weighted by atomic mass is 35.5. The molecule has 9 heteroatoms. The molecule has 1 aromatic carbocycles. The third-order valence-electron chi connectivity index (χ3n) is 2.77. The van der Waals surface area contributed by atoms with Crippen LogP contribution >= 0.6 is 23.4 Å². The van der Waals surface area contributed by atoms with Gasteiger partial charge in [0.1, 0.15) is 0 Å². The summed E-state index contributed by atoms with van der Waals surface area (Å²) >= 11 is 7.35. The van der Waals surface area contributed by atoms with Gasteiger partial charge in [0, 0.05) is 29.5 Å². The third-order valence-corrected chi connectivity index (χ3v) is 4.16. The number of thioether (sulfide) groups is 1. The van der Waals surface area contributed by atoms with Crippen LogP contribution in [-0.4, -0.2) is 19.7 Å². The summed E-state index contributed by atoms with van der Waals surface area (Å²) in [6.07, 6.45) is 0.810. The van der Waals surface area contributed by atoms with Crippen LogP contribution in [-0.2, 0) is 12.3 Å². The van der Waals surface area contributed by atoms with Gasteiger partial charge in [-0.2, -0.15) is 0 Å². The van der Waals surface area contributed by atoms with Crippen LogP contribution in [0.3, 0.4) is 0 Å². The number of nitrogens with one attached hydrogen (secondary N) is 1. The lowest BCUT2D eigenvalue weighted by molar-refractivity contribution is -0.384. The van der Waals surface area contributed by atoms with E-state index in [1.165, 1.54) is 34.5 Å². The number of H-pyrrole nitrogens is 1. The predicted octanol–water partition coefficient (Wildman–Crippen LogP) is 2.84. The summed E-state index contributed by atoms with van der Waals surface area (Å²) < 4.78 is 1.54. The Bertz CT molecular complexity index is 713. The summed E-state index contributed by atoms with van der Waals surface area (Å²) in [5.41, 5.74) is 0.363. The number of aromatic nitrogens is 3. The molecule has 0 fully saturated rings. The summed E-state index contributed by atoms with van der Waals surface area (Å²) in [5, 5.41) is 18.1. The zero-order chi connectivity index (χ0) is 15.4. The molecule has 21 heavy (non-hydrogen) atoms. The van der Waals surface area contributed by atoms with E-state index >= 15 is 0 Å². The fraction of sp³-hybridized carbons (Fsp3) is 0.333. The van der Waals surface area contributed by atoms with Gasteiger partial charge in [0.25, 0.3) is 5.69 Å². The van der Waals surface area contributed by atoms with Crippen LogP contribution in [0.5, 0.6) is 0 Å². The van der Waals surface area contributed by atoms with Crippen LogP contribution in [0.25, 0.3) is 0 Å². The van der Waals surface area contributed by atoms with Gasteiger partial charge in [-0.25, -0.2) is 9.89 Å². The minimum atomic E-state index is -0.466. The van der Waals surface area contributed by atoms with Gasteiger partial charge < -0.3 is 0 Å². The Hall–Kier alpha value is -1.80. The molecule has 2 rings (SSSR count). The van der Waals surface area contributed by atoms with Crippen molar-refractivity contribution in [3.8, 4) is 0 Å². The number of rotatable bonds is 6. The molecule has 112 valence electrons. The molecule has 0 radical (unpaired) electrons. The minimum absolute atomic E-state index is 0.0111. The molecule has 1 N–H and O–H groups in total.